The number of benzene rings is 1. The van der Waals surface area contributed by atoms with Crippen LogP contribution in [0.15, 0.2) is 6.07 Å². The van der Waals surface area contributed by atoms with Crippen LogP contribution in [0.5, 0.6) is 5.75 Å². The lowest BCUT2D eigenvalue weighted by atomic mass is 10.0. The molecule has 0 bridgehead atoms. The van der Waals surface area contributed by atoms with E-state index >= 15 is 0 Å². The summed E-state index contributed by atoms with van der Waals surface area (Å²) in [6, 6.07) is -0.0894. The van der Waals surface area contributed by atoms with Gasteiger partial charge in [-0.3, -0.25) is 9.59 Å². The summed E-state index contributed by atoms with van der Waals surface area (Å²) in [5.74, 6) is -2.36. The number of methoxy groups -OCH3 is 1. The van der Waals surface area contributed by atoms with Gasteiger partial charge in [0.05, 0.1) is 7.11 Å². The number of carboxylic acid groups (broad SMARTS) is 1. The number of halogens is 1. The first-order chi connectivity index (χ1) is 9.27. The van der Waals surface area contributed by atoms with Crippen LogP contribution < -0.4 is 20.2 Å². The monoisotopic (exact) mass is 296 g/mol. The van der Waals surface area contributed by atoms with Crippen LogP contribution in [0.1, 0.15) is 12.5 Å². The van der Waals surface area contributed by atoms with Gasteiger partial charge in [0, 0.05) is 19.0 Å². The lowest BCUT2D eigenvalue weighted by Crippen LogP contribution is -2.35. The highest BCUT2D eigenvalue weighted by Crippen LogP contribution is 2.25. The van der Waals surface area contributed by atoms with Gasteiger partial charge < -0.3 is 20.9 Å². The van der Waals surface area contributed by atoms with E-state index in [0.717, 1.165) is 6.07 Å². The quantitative estimate of drug-likeness (QED) is 0.638. The third-order valence-corrected chi connectivity index (χ3v) is 3.29. The zero-order valence-corrected chi connectivity index (χ0v) is 12.2. The molecule has 0 saturated heterocycles. The first kappa shape index (κ1) is 16.4. The molecule has 106 valence electrons. The van der Waals surface area contributed by atoms with Crippen molar-refractivity contribution in [3.63, 3.8) is 0 Å². The largest absolute Gasteiger partial charge is 0.493 e. The van der Waals surface area contributed by atoms with Gasteiger partial charge >= 0.3 is 5.97 Å². The Hall–Kier alpha value is -1.62. The summed E-state index contributed by atoms with van der Waals surface area (Å²) in [5.41, 5.74) is 5.99. The van der Waals surface area contributed by atoms with Gasteiger partial charge in [0.15, 0.2) is 27.9 Å². The maximum absolute atomic E-state index is 13.9. The Balaban J connectivity index is 3.33. The highest BCUT2D eigenvalue weighted by atomic mass is 27.0. The molecule has 1 aromatic rings. The van der Waals surface area contributed by atoms with E-state index < -0.39 is 17.8 Å². The van der Waals surface area contributed by atoms with Gasteiger partial charge in [-0.15, -0.1) is 4.43 Å². The number of hydrogen-bond acceptors (Lipinski definition) is 4. The van der Waals surface area contributed by atoms with Crippen LogP contribution in [-0.4, -0.2) is 46.4 Å². The number of carboxylic acids is 1. The maximum Gasteiger partial charge on any atom is 0.320 e. The number of rotatable bonds is 5. The minimum absolute atomic E-state index is 0.0826. The lowest BCUT2D eigenvalue weighted by molar-refractivity contribution is -0.138. The van der Waals surface area contributed by atoms with Crippen molar-refractivity contribution < 1.29 is 23.8 Å². The molecule has 4 N–H and O–H groups in total. The first-order valence-electron chi connectivity index (χ1n) is 5.68. The number of carbonyl (C=O) groups is 2. The average Bonchev–Trinajstić information content (AvgIpc) is 2.34. The van der Waals surface area contributed by atoms with Crippen molar-refractivity contribution in [2.45, 2.75) is 19.4 Å². The molecule has 20 heavy (non-hydrogen) atoms. The van der Waals surface area contributed by atoms with Crippen LogP contribution in [0.3, 0.4) is 0 Å². The number of carbonyl (C=O) groups excluding carboxylic acids is 1. The van der Waals surface area contributed by atoms with Gasteiger partial charge in [-0.25, -0.2) is 4.39 Å². The molecule has 0 aromatic heterocycles. The summed E-state index contributed by atoms with van der Waals surface area (Å²) in [4.78, 5) is 21.9. The molecule has 1 amide bonds. The van der Waals surface area contributed by atoms with Crippen molar-refractivity contribution in [2.75, 3.05) is 12.4 Å². The lowest BCUT2D eigenvalue weighted by Gasteiger charge is -2.19. The molecule has 0 fully saturated rings. The molecule has 1 aromatic carbocycles. The highest BCUT2D eigenvalue weighted by molar-refractivity contribution is 6.37. The summed E-state index contributed by atoms with van der Waals surface area (Å²) in [7, 11) is 1.27. The van der Waals surface area contributed by atoms with Crippen molar-refractivity contribution >= 4 is 38.3 Å². The summed E-state index contributed by atoms with van der Waals surface area (Å²) in [6.07, 6.45) is -0.123. The Morgan fingerprint density at radius 3 is 2.65 bits per heavy atom. The van der Waals surface area contributed by atoms with E-state index in [-0.39, 0.29) is 29.3 Å². The van der Waals surface area contributed by atoms with Crippen LogP contribution in [0.4, 0.5) is 10.1 Å². The summed E-state index contributed by atoms with van der Waals surface area (Å²) < 4.78 is 19.3. The molecule has 1 atom stereocenters. The molecule has 0 heterocycles. The molecule has 2 radical (unpaired) electrons. The summed E-state index contributed by atoms with van der Waals surface area (Å²) in [6.45, 7) is 1.29. The topological polar surface area (TPSA) is 102 Å². The van der Waals surface area contributed by atoms with Crippen LogP contribution in [0, 0.1) is 5.82 Å². The van der Waals surface area contributed by atoms with E-state index in [1.54, 1.807) is 0 Å². The number of nitrogens with two attached hydrogens (primary N) is 1. The molecule has 1 unspecified atom stereocenters. The van der Waals surface area contributed by atoms with Crippen molar-refractivity contribution in [1.82, 2.24) is 0 Å². The number of nitrogens with one attached hydrogen (secondary N) is 1. The van der Waals surface area contributed by atoms with E-state index in [1.807, 2.05) is 0 Å². The average molecular weight is 296 g/mol. The first-order valence-corrected chi connectivity index (χ1v) is 6.26. The molecule has 0 spiro atoms. The number of amides is 1. The second kappa shape index (κ2) is 6.70. The van der Waals surface area contributed by atoms with Crippen LogP contribution >= 0.6 is 0 Å². The second-order valence-corrected chi connectivity index (χ2v) is 4.74. The smallest absolute Gasteiger partial charge is 0.320 e. The minimum atomic E-state index is -1.21. The van der Waals surface area contributed by atoms with E-state index in [4.69, 9.17) is 15.6 Å². The fourth-order valence-electron chi connectivity index (χ4n) is 1.72. The van der Waals surface area contributed by atoms with E-state index in [0.29, 0.717) is 4.43 Å². The fraction of sp³-hybridized carbons (Fsp3) is 0.333. The van der Waals surface area contributed by atoms with Gasteiger partial charge in [-0.2, -0.15) is 0 Å². The zero-order valence-electron chi connectivity index (χ0n) is 11.1. The van der Waals surface area contributed by atoms with Gasteiger partial charge in [0.25, 0.3) is 0 Å². The van der Waals surface area contributed by atoms with Crippen molar-refractivity contribution in [1.29, 1.82) is 0 Å². The predicted octanol–water partition coefficient (Wildman–Crippen LogP) is -0.459. The van der Waals surface area contributed by atoms with Gasteiger partial charge in [-0.05, 0) is 11.6 Å². The third kappa shape index (κ3) is 3.70. The normalized spacial score (nSPS) is 11.8. The SMILES string of the molecule is COc1c(F)cc(NC(C)=O)[c]([Al])c1CC(N)C(=O)O. The molecule has 6 nitrogen and oxygen atoms in total. The molecule has 0 aliphatic carbocycles. The van der Waals surface area contributed by atoms with Gasteiger partial charge in [0.2, 0.25) is 5.91 Å². The van der Waals surface area contributed by atoms with Crippen molar-refractivity contribution in [3.05, 3.63) is 17.4 Å². The fourth-order valence-corrected chi connectivity index (χ4v) is 2.13. The zero-order chi connectivity index (χ0) is 15.4. The van der Waals surface area contributed by atoms with E-state index in [2.05, 4.69) is 21.6 Å². The number of anilines is 1. The number of hydrogen-bond donors (Lipinski definition) is 3. The predicted molar refractivity (Wildman–Crippen MR) is 72.0 cm³/mol. The van der Waals surface area contributed by atoms with E-state index in [1.165, 1.54) is 14.0 Å². The number of ether oxygens (including phenoxy) is 1. The van der Waals surface area contributed by atoms with Gasteiger partial charge in [0.1, 0.15) is 6.04 Å². The van der Waals surface area contributed by atoms with Crippen molar-refractivity contribution in [2.24, 2.45) is 5.73 Å². The molecule has 8 heteroatoms. The molecule has 0 aliphatic heterocycles. The molecule has 1 rings (SSSR count). The summed E-state index contributed by atoms with van der Waals surface area (Å²) >= 11 is 2.33. The second-order valence-electron chi connectivity index (χ2n) is 4.16. The maximum atomic E-state index is 13.9. The molecule has 0 saturated carbocycles. The van der Waals surface area contributed by atoms with Gasteiger partial charge in [-0.1, -0.05) is 0 Å². The Morgan fingerprint density at radius 2 is 2.20 bits per heavy atom. The molecular formula is C12H14AlFN2O4. The van der Waals surface area contributed by atoms with Crippen molar-refractivity contribution in [3.8, 4) is 5.75 Å². The minimum Gasteiger partial charge on any atom is -0.493 e. The van der Waals surface area contributed by atoms with E-state index in [9.17, 15) is 14.0 Å². The highest BCUT2D eigenvalue weighted by Gasteiger charge is 2.21. The Morgan fingerprint density at radius 1 is 1.60 bits per heavy atom. The van der Waals surface area contributed by atoms with Crippen LogP contribution in [0.25, 0.3) is 0 Å². The van der Waals surface area contributed by atoms with Crippen LogP contribution in [-0.2, 0) is 16.0 Å². The third-order valence-electron chi connectivity index (χ3n) is 2.63. The Labute approximate surface area is 123 Å². The summed E-state index contributed by atoms with van der Waals surface area (Å²) in [5, 5.41) is 11.3. The van der Waals surface area contributed by atoms with Crippen LogP contribution in [0.2, 0.25) is 0 Å². The molecule has 0 aliphatic rings. The Bertz CT molecular complexity index is 551. The number of aliphatic carboxylic acids is 1. The standard InChI is InChI=1S/C12H14FN2O4.Al/c1-6(16)15-8-3-7(4-10(14)12(17)18)11(19-2)9(13)5-8;/h5,10H,4,14H2,1-2H3,(H,15,16)(H,17,18);. The Kier molecular flexibility index (Phi) is 5.51. The molecular weight excluding hydrogens is 282 g/mol.